The monoisotopic (exact) mass is 422 g/mol. The molecule has 1 amide bonds. The molecule has 3 aromatic rings. The van der Waals surface area contributed by atoms with Crippen molar-refractivity contribution in [3.63, 3.8) is 0 Å². The number of aromatic nitrogens is 2. The van der Waals surface area contributed by atoms with Crippen LogP contribution in [0.3, 0.4) is 0 Å². The van der Waals surface area contributed by atoms with E-state index >= 15 is 0 Å². The lowest BCUT2D eigenvalue weighted by Gasteiger charge is -2.10. The minimum atomic E-state index is -4.72. The summed E-state index contributed by atoms with van der Waals surface area (Å²) >= 11 is 0. The molecule has 1 aromatic heterocycles. The average molecular weight is 422 g/mol. The van der Waals surface area contributed by atoms with Crippen molar-refractivity contribution in [2.45, 2.75) is 12.7 Å². The number of hydrogen-bond donors (Lipinski definition) is 2. The molecule has 0 aliphatic carbocycles. The summed E-state index contributed by atoms with van der Waals surface area (Å²) in [4.78, 5) is 15.8. The van der Waals surface area contributed by atoms with E-state index in [0.29, 0.717) is 5.56 Å². The Labute approximate surface area is 168 Å². The van der Waals surface area contributed by atoms with Crippen LogP contribution in [0.1, 0.15) is 11.4 Å². The molecule has 0 aliphatic heterocycles. The number of carbonyl (C=O) groups excluding carboxylic acids is 1. The molecule has 8 nitrogen and oxygen atoms in total. The second-order valence-electron chi connectivity index (χ2n) is 6.08. The number of hydrazone groups is 1. The van der Waals surface area contributed by atoms with Gasteiger partial charge in [0.25, 0.3) is 5.91 Å². The Morgan fingerprint density at radius 1 is 1.23 bits per heavy atom. The van der Waals surface area contributed by atoms with E-state index in [1.165, 1.54) is 44.7 Å². The summed E-state index contributed by atoms with van der Waals surface area (Å²) in [6, 6.07) is 8.88. The van der Waals surface area contributed by atoms with Crippen LogP contribution in [-0.2, 0) is 17.5 Å². The van der Waals surface area contributed by atoms with Gasteiger partial charge in [0.15, 0.2) is 11.5 Å². The normalized spacial score (nSPS) is 11.8. The van der Waals surface area contributed by atoms with Crippen molar-refractivity contribution in [2.24, 2.45) is 5.10 Å². The van der Waals surface area contributed by atoms with Crippen molar-refractivity contribution in [2.75, 3.05) is 14.2 Å². The molecule has 0 fully saturated rings. The summed E-state index contributed by atoms with van der Waals surface area (Å²) in [5.74, 6) is -1.90. The topological polar surface area (TPSA) is 98.0 Å². The maximum Gasteiger partial charge on any atom is 0.449 e. The zero-order valence-electron chi connectivity index (χ0n) is 15.9. The van der Waals surface area contributed by atoms with Crippen LogP contribution in [0.25, 0.3) is 11.0 Å². The number of hydrogen-bond acceptors (Lipinski definition) is 6. The van der Waals surface area contributed by atoms with Crippen molar-refractivity contribution < 1.29 is 32.5 Å². The van der Waals surface area contributed by atoms with Crippen LogP contribution >= 0.6 is 0 Å². The van der Waals surface area contributed by atoms with E-state index in [4.69, 9.17) is 9.47 Å². The minimum Gasteiger partial charge on any atom is -0.502 e. The number of ether oxygens (including phenoxy) is 2. The molecule has 11 heteroatoms. The molecule has 0 unspecified atom stereocenters. The second kappa shape index (κ2) is 8.31. The first-order chi connectivity index (χ1) is 14.2. The quantitative estimate of drug-likeness (QED) is 0.470. The highest BCUT2D eigenvalue weighted by Crippen LogP contribution is 2.36. The van der Waals surface area contributed by atoms with E-state index in [1.54, 1.807) is 12.1 Å². The summed E-state index contributed by atoms with van der Waals surface area (Å²) in [6.07, 6.45) is -3.49. The van der Waals surface area contributed by atoms with Gasteiger partial charge in [-0.25, -0.2) is 10.4 Å². The highest BCUT2D eigenvalue weighted by molar-refractivity contribution is 5.85. The summed E-state index contributed by atoms with van der Waals surface area (Å²) in [7, 11) is 2.70. The Bertz CT molecular complexity index is 1080. The minimum absolute atomic E-state index is 0.127. The zero-order chi connectivity index (χ0) is 21.9. The Morgan fingerprint density at radius 3 is 2.47 bits per heavy atom. The molecule has 0 spiro atoms. The van der Waals surface area contributed by atoms with Gasteiger partial charge in [-0.3, -0.25) is 4.79 Å². The third-order valence-electron chi connectivity index (χ3n) is 4.11. The number of phenols is 1. The van der Waals surface area contributed by atoms with Crippen molar-refractivity contribution >= 4 is 23.2 Å². The highest BCUT2D eigenvalue weighted by Gasteiger charge is 2.37. The number of nitrogens with one attached hydrogen (secondary N) is 1. The molecule has 3 rings (SSSR count). The first-order valence-electron chi connectivity index (χ1n) is 8.54. The molecule has 158 valence electrons. The van der Waals surface area contributed by atoms with E-state index in [1.807, 2.05) is 0 Å². The third-order valence-corrected chi connectivity index (χ3v) is 4.11. The first kappa shape index (κ1) is 21.0. The largest absolute Gasteiger partial charge is 0.502 e. The molecule has 0 aliphatic rings. The molecular formula is C19H17F3N4O4. The van der Waals surface area contributed by atoms with Gasteiger partial charge in [-0.2, -0.15) is 18.3 Å². The standard InChI is InChI=1S/C19H17F3N4O4/c1-29-14-7-11(8-15(30-2)17(14)28)9-23-25-16(27)10-26-13-6-4-3-5-12(13)24-18(26)19(20,21)22/h3-9,28H,10H2,1-2H3,(H,25,27)/b23-9+. The molecule has 2 aromatic carbocycles. The zero-order valence-corrected chi connectivity index (χ0v) is 15.9. The van der Waals surface area contributed by atoms with Gasteiger partial charge in [-0.05, 0) is 24.3 Å². The van der Waals surface area contributed by atoms with E-state index < -0.39 is 24.5 Å². The van der Waals surface area contributed by atoms with Crippen LogP contribution in [-0.4, -0.2) is 41.0 Å². The van der Waals surface area contributed by atoms with Crippen LogP contribution in [0.15, 0.2) is 41.5 Å². The number of phenolic OH excluding ortho intramolecular Hbond substituents is 1. The smallest absolute Gasteiger partial charge is 0.449 e. The van der Waals surface area contributed by atoms with E-state index in [9.17, 15) is 23.1 Å². The average Bonchev–Trinajstić information content (AvgIpc) is 3.08. The number of halogens is 3. The molecule has 0 bridgehead atoms. The Morgan fingerprint density at radius 2 is 1.87 bits per heavy atom. The van der Waals surface area contributed by atoms with Gasteiger partial charge in [-0.15, -0.1) is 0 Å². The van der Waals surface area contributed by atoms with Crippen LogP contribution < -0.4 is 14.9 Å². The van der Waals surface area contributed by atoms with Crippen LogP contribution in [0.2, 0.25) is 0 Å². The van der Waals surface area contributed by atoms with Gasteiger partial charge < -0.3 is 19.1 Å². The molecule has 0 saturated heterocycles. The lowest BCUT2D eigenvalue weighted by atomic mass is 10.2. The molecule has 0 atom stereocenters. The number of carbonyl (C=O) groups is 1. The Balaban J connectivity index is 1.79. The van der Waals surface area contributed by atoms with Crippen molar-refractivity contribution in [1.82, 2.24) is 15.0 Å². The second-order valence-corrected chi connectivity index (χ2v) is 6.08. The van der Waals surface area contributed by atoms with E-state index in [0.717, 1.165) is 4.57 Å². The van der Waals surface area contributed by atoms with Crippen LogP contribution in [0, 0.1) is 0 Å². The fraction of sp³-hybridized carbons (Fsp3) is 0.211. The van der Waals surface area contributed by atoms with Crippen molar-refractivity contribution in [3.8, 4) is 17.2 Å². The van der Waals surface area contributed by atoms with E-state index in [2.05, 4.69) is 15.5 Å². The number of alkyl halides is 3. The number of aromatic hydroxyl groups is 1. The predicted octanol–water partition coefficient (Wildman–Crippen LogP) is 2.93. The van der Waals surface area contributed by atoms with Crippen molar-refractivity contribution in [1.29, 1.82) is 0 Å². The fourth-order valence-corrected chi connectivity index (χ4v) is 2.80. The fourth-order valence-electron chi connectivity index (χ4n) is 2.80. The Kier molecular flexibility index (Phi) is 5.81. The van der Waals surface area contributed by atoms with Gasteiger partial charge in [-0.1, -0.05) is 12.1 Å². The number of nitrogens with zero attached hydrogens (tertiary/aromatic N) is 3. The number of amides is 1. The molecule has 0 saturated carbocycles. The van der Waals surface area contributed by atoms with Gasteiger partial charge >= 0.3 is 6.18 Å². The molecular weight excluding hydrogens is 405 g/mol. The maximum atomic E-state index is 13.3. The van der Waals surface area contributed by atoms with Gasteiger partial charge in [0.05, 0.1) is 31.5 Å². The predicted molar refractivity (Wildman–Crippen MR) is 102 cm³/mol. The summed E-state index contributed by atoms with van der Waals surface area (Å²) in [6.45, 7) is -0.630. The number of fused-ring (bicyclic) bond motifs is 1. The van der Waals surface area contributed by atoms with Gasteiger partial charge in [0.2, 0.25) is 11.6 Å². The van der Waals surface area contributed by atoms with E-state index in [-0.39, 0.29) is 28.3 Å². The molecule has 2 N–H and O–H groups in total. The number of imidazole rings is 1. The van der Waals surface area contributed by atoms with Gasteiger partial charge in [0, 0.05) is 5.56 Å². The highest BCUT2D eigenvalue weighted by atomic mass is 19.4. The van der Waals surface area contributed by atoms with Gasteiger partial charge in [0.1, 0.15) is 6.54 Å². The number of rotatable bonds is 6. The summed E-state index contributed by atoms with van der Waals surface area (Å²) in [5, 5.41) is 13.6. The van der Waals surface area contributed by atoms with Crippen LogP contribution in [0.4, 0.5) is 13.2 Å². The number of benzene rings is 2. The molecule has 30 heavy (non-hydrogen) atoms. The lowest BCUT2D eigenvalue weighted by Crippen LogP contribution is -2.26. The summed E-state index contributed by atoms with van der Waals surface area (Å²) in [5.41, 5.74) is 2.90. The number of para-hydroxylation sites is 2. The summed E-state index contributed by atoms with van der Waals surface area (Å²) < 4.78 is 50.7. The Hall–Kier alpha value is -3.76. The SMILES string of the molecule is COc1cc(/C=N/NC(=O)Cn2c(C(F)(F)F)nc3ccccc32)cc(OC)c1O. The first-order valence-corrected chi connectivity index (χ1v) is 8.54. The third kappa shape index (κ3) is 4.29. The maximum absolute atomic E-state index is 13.3. The molecule has 1 heterocycles. The van der Waals surface area contributed by atoms with Crippen LogP contribution in [0.5, 0.6) is 17.2 Å². The number of methoxy groups -OCH3 is 2. The lowest BCUT2D eigenvalue weighted by molar-refractivity contribution is -0.147. The molecule has 0 radical (unpaired) electrons. The van der Waals surface area contributed by atoms with Crippen molar-refractivity contribution in [3.05, 3.63) is 47.8 Å².